The molecular formula is C13H17NOS. The van der Waals surface area contributed by atoms with Crippen LogP contribution in [0.5, 0.6) is 0 Å². The molecule has 1 rings (SSSR count). The van der Waals surface area contributed by atoms with E-state index in [1.54, 1.807) is 11.0 Å². The van der Waals surface area contributed by atoms with Crippen molar-refractivity contribution < 1.29 is 4.79 Å². The minimum atomic E-state index is 0.0378. The van der Waals surface area contributed by atoms with E-state index < -0.39 is 0 Å². The van der Waals surface area contributed by atoms with Crippen molar-refractivity contribution in [2.75, 3.05) is 13.1 Å². The number of carbonyl (C=O) groups is 1. The van der Waals surface area contributed by atoms with Crippen molar-refractivity contribution in [1.82, 2.24) is 4.90 Å². The summed E-state index contributed by atoms with van der Waals surface area (Å²) in [5.41, 5.74) is 1.70. The summed E-state index contributed by atoms with van der Waals surface area (Å²) in [6, 6.07) is 5.61. The van der Waals surface area contributed by atoms with Gasteiger partial charge in [-0.15, -0.1) is 19.2 Å². The van der Waals surface area contributed by atoms with Gasteiger partial charge in [-0.3, -0.25) is 4.79 Å². The van der Waals surface area contributed by atoms with Crippen LogP contribution in [0.15, 0.2) is 35.7 Å². The number of carbonyl (C=O) groups excluding carboxylic acids is 1. The maximum atomic E-state index is 12.2. The Morgan fingerprint density at radius 1 is 1.56 bits per heavy atom. The van der Waals surface area contributed by atoms with E-state index in [-0.39, 0.29) is 5.91 Å². The fourth-order valence-electron chi connectivity index (χ4n) is 1.52. The van der Waals surface area contributed by atoms with Crippen LogP contribution in [-0.4, -0.2) is 23.9 Å². The summed E-state index contributed by atoms with van der Waals surface area (Å²) in [5, 5.41) is 0. The van der Waals surface area contributed by atoms with E-state index in [1.165, 1.54) is 0 Å². The molecule has 0 spiro atoms. The fraction of sp³-hybridized carbons (Fsp3) is 0.308. The molecule has 0 bridgehead atoms. The molecule has 0 aliphatic carbocycles. The molecule has 0 aromatic heterocycles. The molecule has 0 aliphatic heterocycles. The molecule has 0 fully saturated rings. The molecule has 16 heavy (non-hydrogen) atoms. The number of hydrogen-bond donors (Lipinski definition) is 1. The van der Waals surface area contributed by atoms with Gasteiger partial charge in [-0.25, -0.2) is 0 Å². The van der Waals surface area contributed by atoms with Gasteiger partial charge in [-0.2, -0.15) is 0 Å². The molecule has 86 valence electrons. The van der Waals surface area contributed by atoms with Crippen LogP contribution in [0.25, 0.3) is 0 Å². The highest BCUT2D eigenvalue weighted by molar-refractivity contribution is 7.80. The smallest absolute Gasteiger partial charge is 0.254 e. The van der Waals surface area contributed by atoms with E-state index in [2.05, 4.69) is 19.2 Å². The van der Waals surface area contributed by atoms with Crippen molar-refractivity contribution >= 4 is 18.5 Å². The summed E-state index contributed by atoms with van der Waals surface area (Å²) >= 11 is 4.25. The number of likely N-dealkylation sites (N-methyl/N-ethyl adjacent to an activating group) is 1. The van der Waals surface area contributed by atoms with Crippen molar-refractivity contribution in [2.24, 2.45) is 0 Å². The van der Waals surface area contributed by atoms with Gasteiger partial charge in [0, 0.05) is 23.5 Å². The van der Waals surface area contributed by atoms with Gasteiger partial charge in [0.25, 0.3) is 5.91 Å². The van der Waals surface area contributed by atoms with Crippen molar-refractivity contribution in [3.05, 3.63) is 42.0 Å². The van der Waals surface area contributed by atoms with Gasteiger partial charge in [0.1, 0.15) is 0 Å². The first-order valence-electron chi connectivity index (χ1n) is 5.30. The van der Waals surface area contributed by atoms with Gasteiger partial charge in [-0.05, 0) is 31.5 Å². The summed E-state index contributed by atoms with van der Waals surface area (Å²) < 4.78 is 0. The second-order valence-corrected chi connectivity index (χ2v) is 4.15. The topological polar surface area (TPSA) is 20.3 Å². The third kappa shape index (κ3) is 2.89. The number of rotatable bonds is 4. The fourth-order valence-corrected chi connectivity index (χ4v) is 1.73. The number of thiol groups is 1. The van der Waals surface area contributed by atoms with E-state index in [0.29, 0.717) is 13.1 Å². The van der Waals surface area contributed by atoms with Gasteiger partial charge < -0.3 is 4.90 Å². The average Bonchev–Trinajstić information content (AvgIpc) is 2.28. The molecule has 1 aromatic carbocycles. The highest BCUT2D eigenvalue weighted by Gasteiger charge is 2.14. The van der Waals surface area contributed by atoms with Gasteiger partial charge in [0.2, 0.25) is 0 Å². The lowest BCUT2D eigenvalue weighted by Crippen LogP contribution is -2.31. The third-order valence-corrected chi connectivity index (χ3v) is 2.75. The summed E-state index contributed by atoms with van der Waals surface area (Å²) in [6.07, 6.45) is 1.74. The Morgan fingerprint density at radius 3 is 2.81 bits per heavy atom. The van der Waals surface area contributed by atoms with Crippen molar-refractivity contribution in [1.29, 1.82) is 0 Å². The van der Waals surface area contributed by atoms with Crippen LogP contribution >= 0.6 is 12.6 Å². The van der Waals surface area contributed by atoms with Crippen LogP contribution in [0.2, 0.25) is 0 Å². The van der Waals surface area contributed by atoms with Crippen LogP contribution in [0.1, 0.15) is 22.8 Å². The zero-order valence-corrected chi connectivity index (χ0v) is 10.6. The standard InChI is InChI=1S/C13H17NOS/c1-4-8-14(5-2)13(15)12-9-11(16)7-6-10(12)3/h4,6-7,9,16H,1,5,8H2,2-3H3. The summed E-state index contributed by atoms with van der Waals surface area (Å²) in [5.74, 6) is 0.0378. The quantitative estimate of drug-likeness (QED) is 0.628. The Balaban J connectivity index is 3.02. The lowest BCUT2D eigenvalue weighted by atomic mass is 10.1. The molecule has 3 heteroatoms. The van der Waals surface area contributed by atoms with Gasteiger partial charge in [0.05, 0.1) is 0 Å². The highest BCUT2D eigenvalue weighted by Crippen LogP contribution is 2.16. The van der Waals surface area contributed by atoms with Crippen molar-refractivity contribution in [3.63, 3.8) is 0 Å². The van der Waals surface area contributed by atoms with E-state index >= 15 is 0 Å². The van der Waals surface area contributed by atoms with Crippen LogP contribution in [0, 0.1) is 6.92 Å². The summed E-state index contributed by atoms with van der Waals surface area (Å²) in [6.45, 7) is 8.80. The van der Waals surface area contributed by atoms with Crippen molar-refractivity contribution in [2.45, 2.75) is 18.7 Å². The van der Waals surface area contributed by atoms with Gasteiger partial charge in [-0.1, -0.05) is 12.1 Å². The molecule has 0 unspecified atom stereocenters. The number of benzene rings is 1. The van der Waals surface area contributed by atoms with Gasteiger partial charge >= 0.3 is 0 Å². The Hall–Kier alpha value is -1.22. The summed E-state index contributed by atoms with van der Waals surface area (Å²) in [4.78, 5) is 14.7. The van der Waals surface area contributed by atoms with Crippen LogP contribution < -0.4 is 0 Å². The third-order valence-electron chi connectivity index (χ3n) is 2.47. The predicted octanol–water partition coefficient (Wildman–Crippen LogP) is 2.93. The van der Waals surface area contributed by atoms with Crippen LogP contribution in [0.3, 0.4) is 0 Å². The van der Waals surface area contributed by atoms with Gasteiger partial charge in [0.15, 0.2) is 0 Å². The number of hydrogen-bond acceptors (Lipinski definition) is 2. The first-order valence-corrected chi connectivity index (χ1v) is 5.74. The SMILES string of the molecule is C=CCN(CC)C(=O)c1cc(S)ccc1C. The molecule has 0 radical (unpaired) electrons. The Kier molecular flexibility index (Phi) is 4.62. The highest BCUT2D eigenvalue weighted by atomic mass is 32.1. The Morgan fingerprint density at radius 2 is 2.25 bits per heavy atom. The predicted molar refractivity (Wildman–Crippen MR) is 70.2 cm³/mol. The Labute approximate surface area is 102 Å². The molecule has 0 aliphatic rings. The minimum absolute atomic E-state index is 0.0378. The number of nitrogens with zero attached hydrogens (tertiary/aromatic N) is 1. The number of aryl methyl sites for hydroxylation is 1. The minimum Gasteiger partial charge on any atom is -0.335 e. The first-order chi connectivity index (χ1) is 7.60. The molecule has 0 saturated heterocycles. The largest absolute Gasteiger partial charge is 0.335 e. The maximum absolute atomic E-state index is 12.2. The zero-order chi connectivity index (χ0) is 12.1. The van der Waals surface area contributed by atoms with E-state index in [0.717, 1.165) is 16.0 Å². The zero-order valence-electron chi connectivity index (χ0n) is 9.73. The van der Waals surface area contributed by atoms with E-state index in [1.807, 2.05) is 32.0 Å². The second kappa shape index (κ2) is 5.75. The lowest BCUT2D eigenvalue weighted by Gasteiger charge is -2.20. The molecule has 0 N–H and O–H groups in total. The summed E-state index contributed by atoms with van der Waals surface area (Å²) in [7, 11) is 0. The maximum Gasteiger partial charge on any atom is 0.254 e. The average molecular weight is 235 g/mol. The molecule has 2 nitrogen and oxygen atoms in total. The molecule has 1 amide bonds. The van der Waals surface area contributed by atoms with Crippen molar-refractivity contribution in [3.8, 4) is 0 Å². The lowest BCUT2D eigenvalue weighted by molar-refractivity contribution is 0.0781. The second-order valence-electron chi connectivity index (χ2n) is 3.63. The normalized spacial score (nSPS) is 9.94. The number of amides is 1. The van der Waals surface area contributed by atoms with Crippen LogP contribution in [-0.2, 0) is 0 Å². The molecular weight excluding hydrogens is 218 g/mol. The molecule has 0 heterocycles. The van der Waals surface area contributed by atoms with Crippen LogP contribution in [0.4, 0.5) is 0 Å². The van der Waals surface area contributed by atoms with E-state index in [9.17, 15) is 4.79 Å². The Bertz CT molecular complexity index is 401. The molecule has 0 saturated carbocycles. The molecule has 1 aromatic rings. The monoisotopic (exact) mass is 235 g/mol. The molecule has 0 atom stereocenters. The van der Waals surface area contributed by atoms with E-state index in [4.69, 9.17) is 0 Å². The first kappa shape index (κ1) is 12.8.